The Morgan fingerprint density at radius 3 is 1.53 bits per heavy atom. The summed E-state index contributed by atoms with van der Waals surface area (Å²) >= 11 is 0. The van der Waals surface area contributed by atoms with Gasteiger partial charge in [0.15, 0.2) is 0 Å². The lowest BCUT2D eigenvalue weighted by molar-refractivity contribution is -0.0650. The molecule has 2 aromatic carbocycles. The van der Waals surface area contributed by atoms with Gasteiger partial charge in [-0.05, 0) is 18.1 Å². The van der Waals surface area contributed by atoms with Crippen molar-refractivity contribution in [2.24, 2.45) is 0 Å². The molecule has 0 aliphatic carbocycles. The molecular weight excluding hydrogens is 236 g/mol. The van der Waals surface area contributed by atoms with Crippen molar-refractivity contribution in [2.45, 2.75) is 31.5 Å². The highest BCUT2D eigenvalue weighted by molar-refractivity contribution is 5.22. The molecule has 0 radical (unpaired) electrons. The maximum atomic E-state index is 10.7. The van der Waals surface area contributed by atoms with Crippen molar-refractivity contribution >= 4 is 0 Å². The molecule has 0 saturated carbocycles. The molecule has 2 N–H and O–H groups in total. The van der Waals surface area contributed by atoms with Crippen LogP contribution in [0.5, 0.6) is 0 Å². The number of rotatable bonds is 5. The lowest BCUT2D eigenvalue weighted by atomic mass is 9.84. The van der Waals surface area contributed by atoms with Crippen LogP contribution in [0.2, 0.25) is 0 Å². The van der Waals surface area contributed by atoms with Crippen molar-refractivity contribution in [1.29, 1.82) is 0 Å². The van der Waals surface area contributed by atoms with Crippen LogP contribution in [-0.2, 0) is 12.8 Å². The average molecular weight is 256 g/mol. The highest BCUT2D eigenvalue weighted by atomic mass is 16.3. The minimum absolute atomic E-state index is 0.445. The largest absolute Gasteiger partial charge is 0.390 e. The molecular formula is C17H20O2. The fraction of sp³-hybridized carbons (Fsp3) is 0.294. The predicted octanol–water partition coefficient (Wildman–Crippen LogP) is 2.58. The summed E-state index contributed by atoms with van der Waals surface area (Å²) in [6.07, 6.45) is 0.105. The fourth-order valence-corrected chi connectivity index (χ4v) is 2.26. The molecule has 1 atom stereocenters. The van der Waals surface area contributed by atoms with Crippen molar-refractivity contribution in [3.63, 3.8) is 0 Å². The van der Waals surface area contributed by atoms with Crippen LogP contribution in [0, 0.1) is 0 Å². The standard InChI is InChI=1S/C17H20O2/c1-14(18)17(19,12-15-8-4-2-5-9-15)13-16-10-6-3-7-11-16/h2-11,14,18-19H,12-13H2,1H3. The van der Waals surface area contributed by atoms with Gasteiger partial charge in [0.05, 0.1) is 11.7 Å². The zero-order chi connectivity index (χ0) is 13.7. The van der Waals surface area contributed by atoms with E-state index in [1.165, 1.54) is 0 Å². The van der Waals surface area contributed by atoms with Crippen LogP contribution in [0.3, 0.4) is 0 Å². The maximum absolute atomic E-state index is 10.7. The Hall–Kier alpha value is -1.64. The minimum Gasteiger partial charge on any atom is -0.390 e. The fourth-order valence-electron chi connectivity index (χ4n) is 2.26. The molecule has 19 heavy (non-hydrogen) atoms. The van der Waals surface area contributed by atoms with Crippen LogP contribution in [0.25, 0.3) is 0 Å². The molecule has 0 fully saturated rings. The first-order chi connectivity index (χ1) is 9.10. The second-order valence-corrected chi connectivity index (χ2v) is 5.10. The number of aliphatic hydroxyl groups is 2. The van der Waals surface area contributed by atoms with E-state index < -0.39 is 11.7 Å². The van der Waals surface area contributed by atoms with Gasteiger partial charge in [-0.1, -0.05) is 60.7 Å². The van der Waals surface area contributed by atoms with Crippen molar-refractivity contribution < 1.29 is 10.2 Å². The summed E-state index contributed by atoms with van der Waals surface area (Å²) in [5.41, 5.74) is 0.923. The van der Waals surface area contributed by atoms with Gasteiger partial charge in [0.25, 0.3) is 0 Å². The van der Waals surface area contributed by atoms with E-state index in [0.717, 1.165) is 11.1 Å². The maximum Gasteiger partial charge on any atom is 0.0982 e. The van der Waals surface area contributed by atoms with E-state index in [1.807, 2.05) is 60.7 Å². The Balaban J connectivity index is 2.18. The molecule has 0 aliphatic heterocycles. The number of hydrogen-bond donors (Lipinski definition) is 2. The van der Waals surface area contributed by atoms with E-state index in [-0.39, 0.29) is 0 Å². The van der Waals surface area contributed by atoms with Crippen LogP contribution >= 0.6 is 0 Å². The molecule has 0 aliphatic rings. The summed E-state index contributed by atoms with van der Waals surface area (Å²) in [5, 5.41) is 20.7. The topological polar surface area (TPSA) is 40.5 Å². The Morgan fingerprint density at radius 2 is 1.21 bits per heavy atom. The number of aliphatic hydroxyl groups excluding tert-OH is 1. The highest BCUT2D eigenvalue weighted by Gasteiger charge is 2.33. The molecule has 0 spiro atoms. The smallest absolute Gasteiger partial charge is 0.0982 e. The molecule has 2 rings (SSSR count). The Kier molecular flexibility index (Phi) is 4.35. The summed E-state index contributed by atoms with van der Waals surface area (Å²) in [5.74, 6) is 0. The summed E-state index contributed by atoms with van der Waals surface area (Å²) in [6, 6.07) is 19.6. The normalized spacial score (nSPS) is 13.2. The van der Waals surface area contributed by atoms with E-state index in [4.69, 9.17) is 0 Å². The summed E-state index contributed by atoms with van der Waals surface area (Å²) in [7, 11) is 0. The van der Waals surface area contributed by atoms with Crippen molar-refractivity contribution in [3.8, 4) is 0 Å². The van der Waals surface area contributed by atoms with E-state index in [1.54, 1.807) is 6.92 Å². The molecule has 2 aromatic rings. The quantitative estimate of drug-likeness (QED) is 0.863. The molecule has 0 heterocycles. The lowest BCUT2D eigenvalue weighted by Crippen LogP contribution is -2.44. The molecule has 100 valence electrons. The monoisotopic (exact) mass is 256 g/mol. The molecule has 2 nitrogen and oxygen atoms in total. The third-order valence-corrected chi connectivity index (χ3v) is 3.48. The third kappa shape index (κ3) is 3.66. The van der Waals surface area contributed by atoms with Gasteiger partial charge in [-0.3, -0.25) is 0 Å². The number of hydrogen-bond acceptors (Lipinski definition) is 2. The first-order valence-electron chi connectivity index (χ1n) is 6.58. The molecule has 0 saturated heterocycles. The third-order valence-electron chi connectivity index (χ3n) is 3.48. The lowest BCUT2D eigenvalue weighted by Gasteiger charge is -2.31. The summed E-state index contributed by atoms with van der Waals surface area (Å²) < 4.78 is 0. The Labute approximate surface area is 114 Å². The van der Waals surface area contributed by atoms with Gasteiger partial charge in [0.2, 0.25) is 0 Å². The summed E-state index contributed by atoms with van der Waals surface area (Å²) in [6.45, 7) is 1.64. The molecule has 1 unspecified atom stereocenters. The van der Waals surface area contributed by atoms with E-state index >= 15 is 0 Å². The van der Waals surface area contributed by atoms with Crippen LogP contribution in [0.1, 0.15) is 18.1 Å². The van der Waals surface area contributed by atoms with Crippen LogP contribution < -0.4 is 0 Å². The SMILES string of the molecule is CC(O)C(O)(Cc1ccccc1)Cc1ccccc1. The van der Waals surface area contributed by atoms with E-state index in [2.05, 4.69) is 0 Å². The van der Waals surface area contributed by atoms with Crippen molar-refractivity contribution in [1.82, 2.24) is 0 Å². The summed E-state index contributed by atoms with van der Waals surface area (Å²) in [4.78, 5) is 0. The van der Waals surface area contributed by atoms with Gasteiger partial charge in [-0.15, -0.1) is 0 Å². The highest BCUT2D eigenvalue weighted by Crippen LogP contribution is 2.23. The Bertz CT molecular complexity index is 450. The van der Waals surface area contributed by atoms with Gasteiger partial charge < -0.3 is 10.2 Å². The minimum atomic E-state index is -1.14. The average Bonchev–Trinajstić information content (AvgIpc) is 2.40. The van der Waals surface area contributed by atoms with Gasteiger partial charge in [0, 0.05) is 12.8 Å². The molecule has 0 bridgehead atoms. The van der Waals surface area contributed by atoms with Crippen LogP contribution in [0.4, 0.5) is 0 Å². The predicted molar refractivity (Wildman–Crippen MR) is 76.9 cm³/mol. The first kappa shape index (κ1) is 13.8. The molecule has 0 amide bonds. The van der Waals surface area contributed by atoms with Gasteiger partial charge in [0.1, 0.15) is 0 Å². The van der Waals surface area contributed by atoms with E-state index in [0.29, 0.717) is 12.8 Å². The number of benzene rings is 2. The van der Waals surface area contributed by atoms with E-state index in [9.17, 15) is 10.2 Å². The Morgan fingerprint density at radius 1 is 0.842 bits per heavy atom. The van der Waals surface area contributed by atoms with Crippen LogP contribution in [-0.4, -0.2) is 21.9 Å². The van der Waals surface area contributed by atoms with Crippen molar-refractivity contribution in [3.05, 3.63) is 71.8 Å². The zero-order valence-corrected chi connectivity index (χ0v) is 11.2. The second-order valence-electron chi connectivity index (χ2n) is 5.10. The van der Waals surface area contributed by atoms with Crippen LogP contribution in [0.15, 0.2) is 60.7 Å². The second kappa shape index (κ2) is 6.00. The van der Waals surface area contributed by atoms with Crippen molar-refractivity contribution in [2.75, 3.05) is 0 Å². The zero-order valence-electron chi connectivity index (χ0n) is 11.2. The molecule has 2 heteroatoms. The molecule has 0 aromatic heterocycles. The van der Waals surface area contributed by atoms with Gasteiger partial charge >= 0.3 is 0 Å². The first-order valence-corrected chi connectivity index (χ1v) is 6.58. The van der Waals surface area contributed by atoms with Gasteiger partial charge in [-0.25, -0.2) is 0 Å². The van der Waals surface area contributed by atoms with Gasteiger partial charge in [-0.2, -0.15) is 0 Å².